The van der Waals surface area contributed by atoms with Crippen molar-refractivity contribution in [2.75, 3.05) is 4.90 Å². The minimum atomic E-state index is 0.918. The third kappa shape index (κ3) is 5.77. The second kappa shape index (κ2) is 13.0. The van der Waals surface area contributed by atoms with Gasteiger partial charge in [0, 0.05) is 33.6 Å². The number of hydrogen-bond acceptors (Lipinski definition) is 2. The predicted octanol–water partition coefficient (Wildman–Crippen LogP) is 14.0. The fraction of sp³-hybridized carbons (Fsp3) is 0.0204. The van der Waals surface area contributed by atoms with Crippen LogP contribution >= 0.6 is 0 Å². The predicted molar refractivity (Wildman–Crippen MR) is 215 cm³/mol. The first-order valence-corrected chi connectivity index (χ1v) is 17.4. The molecule has 1 heterocycles. The van der Waals surface area contributed by atoms with Crippen molar-refractivity contribution in [3.8, 4) is 44.7 Å². The Morgan fingerprint density at radius 3 is 1.65 bits per heavy atom. The average Bonchev–Trinajstić information content (AvgIpc) is 3.55. The van der Waals surface area contributed by atoms with Crippen molar-refractivity contribution < 1.29 is 4.42 Å². The number of nitrogens with zero attached hydrogens (tertiary/aromatic N) is 1. The van der Waals surface area contributed by atoms with E-state index in [1.807, 2.05) is 12.1 Å². The number of fused-ring (bicyclic) bond motifs is 2. The molecule has 0 bridgehead atoms. The van der Waals surface area contributed by atoms with Crippen molar-refractivity contribution in [2.45, 2.75) is 6.92 Å². The number of anilines is 3. The molecule has 51 heavy (non-hydrogen) atoms. The fourth-order valence-electron chi connectivity index (χ4n) is 7.25. The molecule has 8 aromatic carbocycles. The molecule has 0 spiro atoms. The van der Waals surface area contributed by atoms with Crippen molar-refractivity contribution in [2.24, 2.45) is 0 Å². The number of aryl methyl sites for hydroxylation is 1. The number of hydrogen-bond donors (Lipinski definition) is 0. The minimum Gasteiger partial charge on any atom is -0.456 e. The van der Waals surface area contributed by atoms with Crippen molar-refractivity contribution in [3.63, 3.8) is 0 Å². The van der Waals surface area contributed by atoms with Crippen molar-refractivity contribution in [3.05, 3.63) is 200 Å². The lowest BCUT2D eigenvalue weighted by Crippen LogP contribution is -2.09. The van der Waals surface area contributed by atoms with E-state index in [2.05, 4.69) is 194 Å². The van der Waals surface area contributed by atoms with E-state index in [1.54, 1.807) is 0 Å². The maximum atomic E-state index is 6.31. The number of para-hydroxylation sites is 1. The molecule has 242 valence electrons. The second-order valence-corrected chi connectivity index (χ2v) is 13.0. The van der Waals surface area contributed by atoms with Crippen molar-refractivity contribution >= 4 is 38.8 Å². The molecule has 0 atom stereocenters. The first-order valence-electron chi connectivity index (χ1n) is 17.4. The van der Waals surface area contributed by atoms with Gasteiger partial charge in [-0.25, -0.2) is 0 Å². The van der Waals surface area contributed by atoms with Gasteiger partial charge in [-0.2, -0.15) is 0 Å². The minimum absolute atomic E-state index is 0.918. The van der Waals surface area contributed by atoms with Crippen LogP contribution in [0, 0.1) is 6.92 Å². The average molecular weight is 654 g/mol. The van der Waals surface area contributed by atoms with E-state index in [0.717, 1.165) is 50.5 Å². The topological polar surface area (TPSA) is 16.4 Å². The zero-order valence-electron chi connectivity index (χ0n) is 28.3. The molecule has 1 aromatic heterocycles. The van der Waals surface area contributed by atoms with Crippen LogP contribution in [0.4, 0.5) is 17.1 Å². The van der Waals surface area contributed by atoms with E-state index in [-0.39, 0.29) is 0 Å². The molecule has 0 N–H and O–H groups in total. The third-order valence-electron chi connectivity index (χ3n) is 9.87. The molecular weight excluding hydrogens is 619 g/mol. The molecular formula is C49H35NO. The van der Waals surface area contributed by atoms with Crippen LogP contribution in [-0.2, 0) is 0 Å². The summed E-state index contributed by atoms with van der Waals surface area (Å²) < 4.78 is 6.31. The van der Waals surface area contributed by atoms with Crippen LogP contribution in [0.3, 0.4) is 0 Å². The van der Waals surface area contributed by atoms with Gasteiger partial charge in [-0.15, -0.1) is 0 Å². The molecule has 0 aliphatic carbocycles. The lowest BCUT2D eigenvalue weighted by Gasteiger charge is -2.26. The largest absolute Gasteiger partial charge is 0.456 e. The van der Waals surface area contributed by atoms with Gasteiger partial charge in [0.25, 0.3) is 0 Å². The zero-order chi connectivity index (χ0) is 34.1. The molecule has 9 rings (SSSR count). The maximum absolute atomic E-state index is 6.31. The fourth-order valence-corrected chi connectivity index (χ4v) is 7.25. The molecule has 0 aliphatic heterocycles. The highest BCUT2D eigenvalue weighted by atomic mass is 16.3. The highest BCUT2D eigenvalue weighted by molar-refractivity contribution is 5.91. The molecule has 0 radical (unpaired) electrons. The summed E-state index contributed by atoms with van der Waals surface area (Å²) in [5, 5.41) is 3.59. The first-order chi connectivity index (χ1) is 25.2. The van der Waals surface area contributed by atoms with E-state index in [0.29, 0.717) is 0 Å². The summed E-state index contributed by atoms with van der Waals surface area (Å²) in [5.74, 6) is 0.923. The molecule has 0 fully saturated rings. The molecule has 9 aromatic rings. The third-order valence-corrected chi connectivity index (χ3v) is 9.87. The highest BCUT2D eigenvalue weighted by Crippen LogP contribution is 2.40. The van der Waals surface area contributed by atoms with Crippen LogP contribution in [0.25, 0.3) is 66.4 Å². The van der Waals surface area contributed by atoms with Gasteiger partial charge in [0.2, 0.25) is 0 Å². The molecule has 2 nitrogen and oxygen atoms in total. The lowest BCUT2D eigenvalue weighted by molar-refractivity contribution is 0.629. The second-order valence-electron chi connectivity index (χ2n) is 13.0. The Morgan fingerprint density at radius 1 is 0.373 bits per heavy atom. The number of rotatable bonds is 7. The van der Waals surface area contributed by atoms with E-state index in [1.165, 1.54) is 38.6 Å². The Morgan fingerprint density at radius 2 is 0.922 bits per heavy atom. The normalized spacial score (nSPS) is 11.2. The summed E-state index contributed by atoms with van der Waals surface area (Å²) in [7, 11) is 0. The molecule has 0 unspecified atom stereocenters. The van der Waals surface area contributed by atoms with Crippen LogP contribution in [0.2, 0.25) is 0 Å². The molecule has 2 heteroatoms. The number of benzene rings is 8. The van der Waals surface area contributed by atoms with Gasteiger partial charge in [0.1, 0.15) is 11.3 Å². The number of furan rings is 1. The van der Waals surface area contributed by atoms with Gasteiger partial charge in [-0.3, -0.25) is 0 Å². The van der Waals surface area contributed by atoms with E-state index in [4.69, 9.17) is 4.42 Å². The van der Waals surface area contributed by atoms with Gasteiger partial charge >= 0.3 is 0 Å². The smallest absolute Gasteiger partial charge is 0.138 e. The summed E-state index contributed by atoms with van der Waals surface area (Å²) in [6, 6.07) is 69.2. The van der Waals surface area contributed by atoms with Gasteiger partial charge in [0.05, 0.1) is 0 Å². The Balaban J connectivity index is 1.09. The van der Waals surface area contributed by atoms with Crippen LogP contribution in [0.5, 0.6) is 0 Å². The van der Waals surface area contributed by atoms with E-state index in [9.17, 15) is 0 Å². The van der Waals surface area contributed by atoms with Crippen LogP contribution in [0.1, 0.15) is 5.56 Å². The Hall–Kier alpha value is -6.64. The quantitative estimate of drug-likeness (QED) is 0.170. The summed E-state index contributed by atoms with van der Waals surface area (Å²) in [4.78, 5) is 2.34. The molecule has 0 saturated heterocycles. The Labute approximate surface area is 298 Å². The van der Waals surface area contributed by atoms with Crippen LogP contribution in [0.15, 0.2) is 199 Å². The highest BCUT2D eigenvalue weighted by Gasteiger charge is 2.16. The Kier molecular flexibility index (Phi) is 7.75. The zero-order valence-corrected chi connectivity index (χ0v) is 28.3. The van der Waals surface area contributed by atoms with Crippen LogP contribution in [-0.4, -0.2) is 0 Å². The van der Waals surface area contributed by atoms with Gasteiger partial charge in [0.15, 0.2) is 0 Å². The Bertz CT molecular complexity index is 2630. The van der Waals surface area contributed by atoms with Gasteiger partial charge < -0.3 is 9.32 Å². The molecule has 0 amide bonds. The summed E-state index contributed by atoms with van der Waals surface area (Å²) in [6.07, 6.45) is 0. The SMILES string of the molecule is Cc1c(-c2cccc(-c3ccc(N(c4ccc(-c5ccccc5-c5ccccc5)cc4)c4ccc5ccccc5c4)cc3)c2)oc2ccccc12. The first kappa shape index (κ1) is 30.4. The van der Waals surface area contributed by atoms with E-state index < -0.39 is 0 Å². The van der Waals surface area contributed by atoms with E-state index >= 15 is 0 Å². The maximum Gasteiger partial charge on any atom is 0.138 e. The standard InChI is InChI=1S/C49H35NO/c1-34-45-18-9-10-21-48(45)51-49(34)41-17-11-16-39(32-41)36-22-27-42(28-23-36)50(44-31-24-35-12-5-6-15-40(35)33-44)43-29-25-38(26-30-43)47-20-8-7-19-46(47)37-13-3-2-4-14-37/h2-33H,1H3. The summed E-state index contributed by atoms with van der Waals surface area (Å²) in [5.41, 5.74) is 13.6. The van der Waals surface area contributed by atoms with Crippen LogP contribution < -0.4 is 4.90 Å². The van der Waals surface area contributed by atoms with Gasteiger partial charge in [-0.05, 0) is 99.6 Å². The monoisotopic (exact) mass is 653 g/mol. The molecule has 0 saturated carbocycles. The van der Waals surface area contributed by atoms with Crippen molar-refractivity contribution in [1.82, 2.24) is 0 Å². The summed E-state index contributed by atoms with van der Waals surface area (Å²) in [6.45, 7) is 2.14. The summed E-state index contributed by atoms with van der Waals surface area (Å²) >= 11 is 0. The van der Waals surface area contributed by atoms with Gasteiger partial charge in [-0.1, -0.05) is 146 Å². The molecule has 0 aliphatic rings. The lowest BCUT2D eigenvalue weighted by atomic mass is 9.94. The van der Waals surface area contributed by atoms with Crippen molar-refractivity contribution in [1.29, 1.82) is 0 Å².